The molecule has 0 aliphatic heterocycles. The van der Waals surface area contributed by atoms with E-state index in [0.717, 1.165) is 17.5 Å². The summed E-state index contributed by atoms with van der Waals surface area (Å²) in [5.41, 5.74) is 1.98. The third-order valence-corrected chi connectivity index (χ3v) is 2.78. The number of carbonyl (C=O) groups excluding carboxylic acids is 1. The Morgan fingerprint density at radius 1 is 1.56 bits per heavy atom. The van der Waals surface area contributed by atoms with E-state index < -0.39 is 0 Å². The van der Waals surface area contributed by atoms with Gasteiger partial charge in [-0.1, -0.05) is 22.0 Å². The SMILES string of the molecule is Cc1cc(F)ccc1CCNC(=O)C(C)Br. The molecule has 1 amide bonds. The fraction of sp³-hybridized carbons (Fsp3) is 0.417. The molecule has 4 heteroatoms. The zero-order valence-electron chi connectivity index (χ0n) is 9.39. The molecule has 0 aromatic heterocycles. The third-order valence-electron chi connectivity index (χ3n) is 2.36. The summed E-state index contributed by atoms with van der Waals surface area (Å²) in [6.45, 7) is 4.22. The number of halogens is 2. The molecule has 16 heavy (non-hydrogen) atoms. The minimum absolute atomic E-state index is 0.0280. The number of alkyl halides is 1. The van der Waals surface area contributed by atoms with Gasteiger partial charge >= 0.3 is 0 Å². The average molecular weight is 288 g/mol. The van der Waals surface area contributed by atoms with Crippen LogP contribution in [0.5, 0.6) is 0 Å². The maximum absolute atomic E-state index is 12.8. The molecular formula is C12H15BrFNO. The molecule has 0 bridgehead atoms. The summed E-state index contributed by atoms with van der Waals surface area (Å²) in [5, 5.41) is 2.79. The Kier molecular flexibility index (Phi) is 4.93. The van der Waals surface area contributed by atoms with E-state index in [-0.39, 0.29) is 16.6 Å². The van der Waals surface area contributed by atoms with Crippen LogP contribution < -0.4 is 5.32 Å². The second-order valence-electron chi connectivity index (χ2n) is 3.73. The zero-order chi connectivity index (χ0) is 12.1. The van der Waals surface area contributed by atoms with Gasteiger partial charge in [0.05, 0.1) is 4.83 Å². The normalized spacial score (nSPS) is 12.2. The van der Waals surface area contributed by atoms with Crippen LogP contribution in [-0.4, -0.2) is 17.3 Å². The molecule has 1 aromatic carbocycles. The fourth-order valence-electron chi connectivity index (χ4n) is 1.40. The van der Waals surface area contributed by atoms with Crippen LogP contribution in [0.15, 0.2) is 18.2 Å². The Bertz CT molecular complexity index is 379. The molecule has 1 rings (SSSR count). The number of hydrogen-bond donors (Lipinski definition) is 1. The van der Waals surface area contributed by atoms with E-state index in [1.54, 1.807) is 13.0 Å². The van der Waals surface area contributed by atoms with Crippen molar-refractivity contribution in [1.82, 2.24) is 5.32 Å². The first-order chi connectivity index (χ1) is 7.50. The maximum Gasteiger partial charge on any atom is 0.233 e. The minimum atomic E-state index is -0.223. The van der Waals surface area contributed by atoms with Gasteiger partial charge in [-0.05, 0) is 43.5 Å². The lowest BCUT2D eigenvalue weighted by atomic mass is 10.1. The summed E-state index contributed by atoms with van der Waals surface area (Å²) < 4.78 is 12.8. The predicted octanol–water partition coefficient (Wildman–Crippen LogP) is 2.58. The van der Waals surface area contributed by atoms with Crippen molar-refractivity contribution >= 4 is 21.8 Å². The predicted molar refractivity (Wildman–Crippen MR) is 66.2 cm³/mol. The lowest BCUT2D eigenvalue weighted by molar-refractivity contribution is -0.120. The first kappa shape index (κ1) is 13.2. The highest BCUT2D eigenvalue weighted by molar-refractivity contribution is 9.10. The van der Waals surface area contributed by atoms with Crippen LogP contribution >= 0.6 is 15.9 Å². The molecule has 0 saturated carbocycles. The van der Waals surface area contributed by atoms with Crippen LogP contribution in [0.2, 0.25) is 0 Å². The largest absolute Gasteiger partial charge is 0.355 e. The van der Waals surface area contributed by atoms with E-state index in [1.165, 1.54) is 12.1 Å². The standard InChI is InChI=1S/C12H15BrFNO/c1-8-7-11(14)4-3-10(8)5-6-15-12(16)9(2)13/h3-4,7,9H,5-6H2,1-2H3,(H,15,16). The summed E-state index contributed by atoms with van der Waals surface area (Å²) in [5.74, 6) is -0.251. The third kappa shape index (κ3) is 3.93. The molecule has 1 unspecified atom stereocenters. The average Bonchev–Trinajstić information content (AvgIpc) is 2.20. The van der Waals surface area contributed by atoms with Crippen molar-refractivity contribution in [2.45, 2.75) is 25.1 Å². The van der Waals surface area contributed by atoms with Crippen LogP contribution in [0.1, 0.15) is 18.1 Å². The summed E-state index contributed by atoms with van der Waals surface area (Å²) >= 11 is 3.19. The maximum atomic E-state index is 12.8. The van der Waals surface area contributed by atoms with Gasteiger partial charge in [-0.25, -0.2) is 4.39 Å². The summed E-state index contributed by atoms with van der Waals surface area (Å²) in [6.07, 6.45) is 0.720. The summed E-state index contributed by atoms with van der Waals surface area (Å²) in [4.78, 5) is 11.1. The Hall–Kier alpha value is -0.900. The van der Waals surface area contributed by atoms with E-state index >= 15 is 0 Å². The Balaban J connectivity index is 2.46. The minimum Gasteiger partial charge on any atom is -0.355 e. The van der Waals surface area contributed by atoms with E-state index in [4.69, 9.17) is 0 Å². The van der Waals surface area contributed by atoms with Gasteiger partial charge in [0.25, 0.3) is 0 Å². The second kappa shape index (κ2) is 5.99. The van der Waals surface area contributed by atoms with Gasteiger partial charge in [-0.2, -0.15) is 0 Å². The van der Waals surface area contributed by atoms with Crippen molar-refractivity contribution in [2.24, 2.45) is 0 Å². The number of rotatable bonds is 4. The molecule has 0 fully saturated rings. The molecule has 0 aliphatic rings. The number of benzene rings is 1. The van der Waals surface area contributed by atoms with Gasteiger partial charge in [0.15, 0.2) is 0 Å². The van der Waals surface area contributed by atoms with E-state index in [0.29, 0.717) is 6.54 Å². The Morgan fingerprint density at radius 2 is 2.25 bits per heavy atom. The first-order valence-electron chi connectivity index (χ1n) is 5.17. The summed E-state index contributed by atoms with van der Waals surface area (Å²) in [7, 11) is 0. The molecule has 88 valence electrons. The van der Waals surface area contributed by atoms with Crippen LogP contribution in [0.4, 0.5) is 4.39 Å². The molecule has 1 N–H and O–H groups in total. The molecule has 0 saturated heterocycles. The van der Waals surface area contributed by atoms with Crippen molar-refractivity contribution in [3.63, 3.8) is 0 Å². The lowest BCUT2D eigenvalue weighted by Gasteiger charge is -2.08. The van der Waals surface area contributed by atoms with Crippen molar-refractivity contribution in [1.29, 1.82) is 0 Å². The topological polar surface area (TPSA) is 29.1 Å². The van der Waals surface area contributed by atoms with Crippen LogP contribution in [0.25, 0.3) is 0 Å². The van der Waals surface area contributed by atoms with Crippen LogP contribution in [-0.2, 0) is 11.2 Å². The molecule has 1 aromatic rings. The smallest absolute Gasteiger partial charge is 0.233 e. The van der Waals surface area contributed by atoms with Crippen molar-refractivity contribution in [2.75, 3.05) is 6.54 Å². The number of nitrogens with one attached hydrogen (secondary N) is 1. The molecule has 2 nitrogen and oxygen atoms in total. The van der Waals surface area contributed by atoms with Gasteiger partial charge in [-0.3, -0.25) is 4.79 Å². The molecule has 0 spiro atoms. The van der Waals surface area contributed by atoms with Crippen LogP contribution in [0, 0.1) is 12.7 Å². The highest BCUT2D eigenvalue weighted by Gasteiger charge is 2.07. The lowest BCUT2D eigenvalue weighted by Crippen LogP contribution is -2.31. The quantitative estimate of drug-likeness (QED) is 0.848. The molecular weight excluding hydrogens is 273 g/mol. The van der Waals surface area contributed by atoms with Gasteiger partial charge in [0, 0.05) is 6.54 Å². The Labute approximate surface area is 103 Å². The van der Waals surface area contributed by atoms with Crippen LogP contribution in [0.3, 0.4) is 0 Å². The van der Waals surface area contributed by atoms with E-state index in [9.17, 15) is 9.18 Å². The molecule has 1 atom stereocenters. The van der Waals surface area contributed by atoms with Gasteiger partial charge in [0.2, 0.25) is 5.91 Å². The first-order valence-corrected chi connectivity index (χ1v) is 6.09. The van der Waals surface area contributed by atoms with Crippen molar-refractivity contribution in [3.05, 3.63) is 35.1 Å². The number of amides is 1. The molecule has 0 heterocycles. The number of hydrogen-bond acceptors (Lipinski definition) is 1. The fourth-order valence-corrected chi connectivity index (χ4v) is 1.56. The van der Waals surface area contributed by atoms with E-state index in [1.807, 2.05) is 6.92 Å². The van der Waals surface area contributed by atoms with Crippen molar-refractivity contribution in [3.8, 4) is 0 Å². The zero-order valence-corrected chi connectivity index (χ0v) is 11.0. The van der Waals surface area contributed by atoms with Gasteiger partial charge in [0.1, 0.15) is 5.82 Å². The highest BCUT2D eigenvalue weighted by atomic mass is 79.9. The highest BCUT2D eigenvalue weighted by Crippen LogP contribution is 2.10. The summed E-state index contributed by atoms with van der Waals surface area (Å²) in [6, 6.07) is 4.70. The monoisotopic (exact) mass is 287 g/mol. The van der Waals surface area contributed by atoms with E-state index in [2.05, 4.69) is 21.2 Å². The Morgan fingerprint density at radius 3 is 2.81 bits per heavy atom. The second-order valence-corrected chi connectivity index (χ2v) is 5.10. The van der Waals surface area contributed by atoms with Gasteiger partial charge < -0.3 is 5.32 Å². The van der Waals surface area contributed by atoms with Crippen molar-refractivity contribution < 1.29 is 9.18 Å². The van der Waals surface area contributed by atoms with Gasteiger partial charge in [-0.15, -0.1) is 0 Å². The number of aryl methyl sites for hydroxylation is 1. The molecule has 0 aliphatic carbocycles. The number of carbonyl (C=O) groups is 1. The molecule has 0 radical (unpaired) electrons.